The Kier molecular flexibility index (Phi) is 3.27. The van der Waals surface area contributed by atoms with Crippen LogP contribution in [0.25, 0.3) is 11.0 Å². The van der Waals surface area contributed by atoms with Crippen LogP contribution in [0.3, 0.4) is 0 Å². The summed E-state index contributed by atoms with van der Waals surface area (Å²) in [7, 11) is 0. The number of hydrogen-bond donors (Lipinski definition) is 1. The molecule has 108 valence electrons. The van der Waals surface area contributed by atoms with Crippen molar-refractivity contribution in [1.82, 2.24) is 9.55 Å². The molecule has 0 spiro atoms. The summed E-state index contributed by atoms with van der Waals surface area (Å²) in [5.74, 6) is 0.995. The molecule has 2 aromatic rings. The molecular weight excluding hydrogens is 274 g/mol. The van der Waals surface area contributed by atoms with E-state index in [2.05, 4.69) is 25.3 Å². The second kappa shape index (κ2) is 4.72. The molecule has 20 heavy (non-hydrogen) atoms. The van der Waals surface area contributed by atoms with E-state index in [9.17, 15) is 0 Å². The van der Waals surface area contributed by atoms with Crippen LogP contribution in [0.15, 0.2) is 18.2 Å². The molecule has 2 unspecified atom stereocenters. The van der Waals surface area contributed by atoms with E-state index in [1.165, 1.54) is 0 Å². The molecule has 0 amide bonds. The Hall–Kier alpha value is -1.10. The van der Waals surface area contributed by atoms with E-state index in [0.29, 0.717) is 13.2 Å². The van der Waals surface area contributed by atoms with Gasteiger partial charge in [-0.2, -0.15) is 0 Å². The van der Waals surface area contributed by atoms with Crippen LogP contribution >= 0.6 is 11.6 Å². The summed E-state index contributed by atoms with van der Waals surface area (Å²) in [6.07, 6.45) is 0. The molecule has 1 aliphatic heterocycles. The predicted molar refractivity (Wildman–Crippen MR) is 81.3 cm³/mol. The zero-order valence-electron chi connectivity index (χ0n) is 12.1. The van der Waals surface area contributed by atoms with Crippen LogP contribution in [-0.2, 0) is 10.2 Å². The number of halogens is 1. The summed E-state index contributed by atoms with van der Waals surface area (Å²) in [6, 6.07) is 6.06. The van der Waals surface area contributed by atoms with Crippen molar-refractivity contribution < 1.29 is 4.74 Å². The number of ether oxygens (including phenoxy) is 1. The molecule has 0 saturated carbocycles. The van der Waals surface area contributed by atoms with Crippen LogP contribution < -0.4 is 5.73 Å². The molecule has 1 saturated heterocycles. The molecule has 2 heterocycles. The average molecular weight is 294 g/mol. The zero-order valence-corrected chi connectivity index (χ0v) is 12.8. The Morgan fingerprint density at radius 2 is 2.25 bits per heavy atom. The number of imidazole rings is 1. The van der Waals surface area contributed by atoms with Gasteiger partial charge in [0, 0.05) is 17.1 Å². The second-order valence-electron chi connectivity index (χ2n) is 6.07. The van der Waals surface area contributed by atoms with Gasteiger partial charge in [-0.15, -0.1) is 0 Å². The van der Waals surface area contributed by atoms with Crippen LogP contribution in [0, 0.1) is 0 Å². The van der Waals surface area contributed by atoms with E-state index in [1.807, 2.05) is 18.2 Å². The Morgan fingerprint density at radius 1 is 1.50 bits per heavy atom. The number of aromatic nitrogens is 2. The fourth-order valence-corrected chi connectivity index (χ4v) is 3.08. The highest BCUT2D eigenvalue weighted by molar-refractivity contribution is 6.31. The summed E-state index contributed by atoms with van der Waals surface area (Å²) in [5, 5.41) is 0.725. The summed E-state index contributed by atoms with van der Waals surface area (Å²) in [4.78, 5) is 4.82. The maximum atomic E-state index is 6.26. The summed E-state index contributed by atoms with van der Waals surface area (Å²) < 4.78 is 7.81. The quantitative estimate of drug-likeness (QED) is 0.926. The van der Waals surface area contributed by atoms with Gasteiger partial charge in [0.15, 0.2) is 0 Å². The Labute approximate surface area is 123 Å². The third kappa shape index (κ3) is 1.94. The molecule has 4 nitrogen and oxygen atoms in total. The highest BCUT2D eigenvalue weighted by atomic mass is 35.5. The number of benzene rings is 1. The van der Waals surface area contributed by atoms with Crippen molar-refractivity contribution in [2.75, 3.05) is 13.2 Å². The number of fused-ring (bicyclic) bond motifs is 1. The van der Waals surface area contributed by atoms with Crippen molar-refractivity contribution in [3.63, 3.8) is 0 Å². The monoisotopic (exact) mass is 293 g/mol. The van der Waals surface area contributed by atoms with Gasteiger partial charge in [0.2, 0.25) is 0 Å². The molecule has 1 aromatic carbocycles. The van der Waals surface area contributed by atoms with Crippen molar-refractivity contribution in [3.05, 3.63) is 29.0 Å². The number of nitrogens with zero attached hydrogens (tertiary/aromatic N) is 2. The summed E-state index contributed by atoms with van der Waals surface area (Å²) in [6.45, 7) is 7.62. The van der Waals surface area contributed by atoms with Crippen molar-refractivity contribution in [3.8, 4) is 0 Å². The molecule has 1 aliphatic rings. The lowest BCUT2D eigenvalue weighted by molar-refractivity contribution is 0.177. The molecule has 0 radical (unpaired) electrons. The van der Waals surface area contributed by atoms with Crippen molar-refractivity contribution in [1.29, 1.82) is 0 Å². The van der Waals surface area contributed by atoms with Gasteiger partial charge in [0.1, 0.15) is 5.82 Å². The molecular formula is C15H20ClN3O. The molecule has 0 bridgehead atoms. The third-order valence-corrected chi connectivity index (χ3v) is 4.43. The predicted octanol–water partition coefficient (Wildman–Crippen LogP) is 2.89. The van der Waals surface area contributed by atoms with Gasteiger partial charge in [-0.1, -0.05) is 11.6 Å². The smallest absolute Gasteiger partial charge is 0.120 e. The first kappa shape index (κ1) is 13.9. The van der Waals surface area contributed by atoms with Crippen LogP contribution in [0.5, 0.6) is 0 Å². The largest absolute Gasteiger partial charge is 0.379 e. The average Bonchev–Trinajstić information content (AvgIpc) is 2.91. The van der Waals surface area contributed by atoms with Crippen LogP contribution in [0.2, 0.25) is 5.02 Å². The van der Waals surface area contributed by atoms with Gasteiger partial charge >= 0.3 is 0 Å². The van der Waals surface area contributed by atoms with Gasteiger partial charge in [-0.05, 0) is 39.0 Å². The van der Waals surface area contributed by atoms with Crippen molar-refractivity contribution in [2.45, 2.75) is 38.3 Å². The minimum Gasteiger partial charge on any atom is -0.379 e. The fraction of sp³-hybridized carbons (Fsp3) is 0.533. The molecule has 5 heteroatoms. The van der Waals surface area contributed by atoms with Crippen molar-refractivity contribution >= 4 is 22.6 Å². The Balaban J connectivity index is 2.27. The lowest BCUT2D eigenvalue weighted by Crippen LogP contribution is -2.44. The fourth-order valence-electron chi connectivity index (χ4n) is 2.91. The lowest BCUT2D eigenvalue weighted by atomic mass is 9.84. The first-order valence-corrected chi connectivity index (χ1v) is 7.32. The summed E-state index contributed by atoms with van der Waals surface area (Å²) in [5.41, 5.74) is 8.02. The van der Waals surface area contributed by atoms with Crippen LogP contribution in [-0.4, -0.2) is 28.8 Å². The summed E-state index contributed by atoms with van der Waals surface area (Å²) >= 11 is 6.14. The van der Waals surface area contributed by atoms with E-state index < -0.39 is 0 Å². The topological polar surface area (TPSA) is 53.1 Å². The Morgan fingerprint density at radius 3 is 2.85 bits per heavy atom. The minimum absolute atomic E-state index is 0.0349. The molecule has 2 N–H and O–H groups in total. The van der Waals surface area contributed by atoms with E-state index in [4.69, 9.17) is 27.1 Å². The maximum Gasteiger partial charge on any atom is 0.120 e. The number of hydrogen-bond acceptors (Lipinski definition) is 3. The van der Waals surface area contributed by atoms with E-state index >= 15 is 0 Å². The first-order valence-electron chi connectivity index (χ1n) is 6.95. The third-order valence-electron chi connectivity index (χ3n) is 4.20. The maximum absolute atomic E-state index is 6.26. The molecule has 3 rings (SSSR count). The molecule has 1 aromatic heterocycles. The molecule has 2 atom stereocenters. The van der Waals surface area contributed by atoms with Gasteiger partial charge in [0.25, 0.3) is 0 Å². The van der Waals surface area contributed by atoms with E-state index in [0.717, 1.165) is 21.9 Å². The van der Waals surface area contributed by atoms with Crippen LogP contribution in [0.4, 0.5) is 0 Å². The van der Waals surface area contributed by atoms with Gasteiger partial charge < -0.3 is 15.0 Å². The van der Waals surface area contributed by atoms with Crippen LogP contribution in [0.1, 0.15) is 32.6 Å². The zero-order chi connectivity index (χ0) is 14.5. The Bertz CT molecular complexity index is 652. The minimum atomic E-state index is -0.254. The van der Waals surface area contributed by atoms with Crippen molar-refractivity contribution in [2.24, 2.45) is 5.73 Å². The van der Waals surface area contributed by atoms with Gasteiger partial charge in [-0.3, -0.25) is 0 Å². The lowest BCUT2D eigenvalue weighted by Gasteiger charge is -2.28. The standard InChI is InChI=1S/C15H20ClN3O/c1-9(2)19-12-6-10(16)4-5-11(12)18-14(19)15(3)8-20-7-13(15)17/h4-6,9,13H,7-8,17H2,1-3H3. The SMILES string of the molecule is CC(C)n1c(C2(C)COCC2N)nc2ccc(Cl)cc21. The van der Waals surface area contributed by atoms with E-state index in [1.54, 1.807) is 0 Å². The molecule has 0 aliphatic carbocycles. The molecule has 1 fully saturated rings. The van der Waals surface area contributed by atoms with Gasteiger partial charge in [-0.25, -0.2) is 4.98 Å². The number of rotatable bonds is 2. The highest BCUT2D eigenvalue weighted by Crippen LogP contribution is 2.35. The number of nitrogens with two attached hydrogens (primary N) is 1. The second-order valence-corrected chi connectivity index (χ2v) is 6.51. The first-order chi connectivity index (χ1) is 9.43. The normalized spacial score (nSPS) is 26.8. The van der Waals surface area contributed by atoms with Gasteiger partial charge in [0.05, 0.1) is 29.7 Å². The van der Waals surface area contributed by atoms with E-state index in [-0.39, 0.29) is 17.5 Å². The highest BCUT2D eigenvalue weighted by Gasteiger charge is 2.43.